The Morgan fingerprint density at radius 3 is 2.21 bits per heavy atom. The Kier molecular flexibility index (Phi) is 4.73. The number of ether oxygens (including phenoxy) is 2. The van der Waals surface area contributed by atoms with Gasteiger partial charge in [-0.15, -0.1) is 4.98 Å². The Bertz CT molecular complexity index is 387. The van der Waals surface area contributed by atoms with E-state index in [4.69, 9.17) is 15.2 Å². The highest BCUT2D eigenvalue weighted by molar-refractivity contribution is 5.29. The SMILES string of the molecule is COc1nc(NC(CN)C2CCCC2)nc(OC)n1. The molecule has 0 saturated heterocycles. The molecule has 1 aliphatic carbocycles. The van der Waals surface area contributed by atoms with Gasteiger partial charge in [-0.3, -0.25) is 0 Å². The maximum atomic E-state index is 5.85. The van der Waals surface area contributed by atoms with Crippen molar-refractivity contribution in [3.05, 3.63) is 0 Å². The third-order valence-electron chi connectivity index (χ3n) is 3.50. The van der Waals surface area contributed by atoms with Gasteiger partial charge in [0.25, 0.3) is 0 Å². The molecule has 0 amide bonds. The summed E-state index contributed by atoms with van der Waals surface area (Å²) in [5, 5.41) is 3.27. The maximum absolute atomic E-state index is 5.85. The number of nitrogens with zero attached hydrogens (tertiary/aromatic N) is 3. The van der Waals surface area contributed by atoms with Crippen LogP contribution in [0.15, 0.2) is 0 Å². The summed E-state index contributed by atoms with van der Waals surface area (Å²) in [5.74, 6) is 1.03. The molecule has 0 bridgehead atoms. The van der Waals surface area contributed by atoms with Crippen molar-refractivity contribution in [1.82, 2.24) is 15.0 Å². The van der Waals surface area contributed by atoms with Crippen molar-refractivity contribution < 1.29 is 9.47 Å². The molecule has 7 nitrogen and oxygen atoms in total. The maximum Gasteiger partial charge on any atom is 0.324 e. The van der Waals surface area contributed by atoms with Gasteiger partial charge in [-0.1, -0.05) is 12.8 Å². The molecule has 1 saturated carbocycles. The van der Waals surface area contributed by atoms with Crippen LogP contribution in [0.5, 0.6) is 12.0 Å². The van der Waals surface area contributed by atoms with E-state index in [-0.39, 0.29) is 18.1 Å². The van der Waals surface area contributed by atoms with E-state index in [1.165, 1.54) is 39.9 Å². The van der Waals surface area contributed by atoms with E-state index in [1.54, 1.807) is 0 Å². The van der Waals surface area contributed by atoms with Crippen LogP contribution in [-0.4, -0.2) is 41.8 Å². The van der Waals surface area contributed by atoms with Crippen molar-refractivity contribution in [3.63, 3.8) is 0 Å². The molecule has 19 heavy (non-hydrogen) atoms. The van der Waals surface area contributed by atoms with Gasteiger partial charge in [0.1, 0.15) is 0 Å². The normalized spacial score (nSPS) is 17.2. The van der Waals surface area contributed by atoms with Crippen LogP contribution in [0.25, 0.3) is 0 Å². The molecule has 0 radical (unpaired) electrons. The van der Waals surface area contributed by atoms with Gasteiger partial charge in [-0.2, -0.15) is 9.97 Å². The fourth-order valence-electron chi connectivity index (χ4n) is 2.48. The molecule has 1 aliphatic rings. The Morgan fingerprint density at radius 2 is 1.74 bits per heavy atom. The molecule has 0 aromatic carbocycles. The second-order valence-electron chi connectivity index (χ2n) is 4.66. The van der Waals surface area contributed by atoms with E-state index in [2.05, 4.69) is 20.3 Å². The zero-order valence-electron chi connectivity index (χ0n) is 11.4. The van der Waals surface area contributed by atoms with Crippen LogP contribution in [0.2, 0.25) is 0 Å². The first-order valence-corrected chi connectivity index (χ1v) is 6.57. The Labute approximate surface area is 112 Å². The number of hydrogen-bond donors (Lipinski definition) is 2. The molecule has 3 N–H and O–H groups in total. The highest BCUT2D eigenvalue weighted by Gasteiger charge is 2.24. The summed E-state index contributed by atoms with van der Waals surface area (Å²) in [7, 11) is 3.02. The number of nitrogens with two attached hydrogens (primary N) is 1. The zero-order chi connectivity index (χ0) is 13.7. The monoisotopic (exact) mass is 267 g/mol. The van der Waals surface area contributed by atoms with Gasteiger partial charge in [-0.25, -0.2) is 0 Å². The number of nitrogens with one attached hydrogen (secondary N) is 1. The fraction of sp³-hybridized carbons (Fsp3) is 0.750. The third kappa shape index (κ3) is 3.44. The highest BCUT2D eigenvalue weighted by Crippen LogP contribution is 2.28. The van der Waals surface area contributed by atoms with Gasteiger partial charge in [-0.05, 0) is 18.8 Å². The minimum atomic E-state index is 0.180. The van der Waals surface area contributed by atoms with E-state index < -0.39 is 0 Å². The summed E-state index contributed by atoms with van der Waals surface area (Å²) < 4.78 is 10.0. The number of hydrogen-bond acceptors (Lipinski definition) is 7. The summed E-state index contributed by atoms with van der Waals surface area (Å²) >= 11 is 0. The van der Waals surface area contributed by atoms with E-state index in [0.29, 0.717) is 18.4 Å². The van der Waals surface area contributed by atoms with Crippen LogP contribution < -0.4 is 20.5 Å². The summed E-state index contributed by atoms with van der Waals surface area (Å²) in [6, 6.07) is 0.646. The minimum Gasteiger partial charge on any atom is -0.467 e. The van der Waals surface area contributed by atoms with Crippen LogP contribution >= 0.6 is 0 Å². The lowest BCUT2D eigenvalue weighted by molar-refractivity contribution is 0.340. The van der Waals surface area contributed by atoms with Crippen molar-refractivity contribution in [2.24, 2.45) is 11.7 Å². The molecule has 1 fully saturated rings. The molecule has 0 aliphatic heterocycles. The molecule has 1 heterocycles. The summed E-state index contributed by atoms with van der Waals surface area (Å²) in [4.78, 5) is 12.3. The smallest absolute Gasteiger partial charge is 0.324 e. The molecule has 2 rings (SSSR count). The van der Waals surface area contributed by atoms with Crippen molar-refractivity contribution in [3.8, 4) is 12.0 Å². The predicted molar refractivity (Wildman–Crippen MR) is 71.4 cm³/mol. The lowest BCUT2D eigenvalue weighted by Crippen LogP contribution is -2.35. The number of anilines is 1. The molecular formula is C12H21N5O2. The first-order chi connectivity index (χ1) is 9.26. The van der Waals surface area contributed by atoms with Crippen LogP contribution in [-0.2, 0) is 0 Å². The largest absolute Gasteiger partial charge is 0.467 e. The lowest BCUT2D eigenvalue weighted by Gasteiger charge is -2.23. The third-order valence-corrected chi connectivity index (χ3v) is 3.50. The fourth-order valence-corrected chi connectivity index (χ4v) is 2.48. The Morgan fingerprint density at radius 1 is 1.16 bits per heavy atom. The minimum absolute atomic E-state index is 0.180. The summed E-state index contributed by atoms with van der Waals surface area (Å²) in [5.41, 5.74) is 5.85. The number of aromatic nitrogens is 3. The molecule has 1 atom stereocenters. The summed E-state index contributed by atoms with van der Waals surface area (Å²) in [6.45, 7) is 0.557. The molecule has 7 heteroatoms. The highest BCUT2D eigenvalue weighted by atomic mass is 16.5. The standard InChI is InChI=1S/C12H21N5O2/c1-18-11-15-10(16-12(17-11)19-2)14-9(7-13)8-5-3-4-6-8/h8-9H,3-7,13H2,1-2H3,(H,14,15,16,17). The molecular weight excluding hydrogens is 246 g/mol. The van der Waals surface area contributed by atoms with Crippen LogP contribution in [0, 0.1) is 5.92 Å². The van der Waals surface area contributed by atoms with Gasteiger partial charge < -0.3 is 20.5 Å². The molecule has 1 aromatic heterocycles. The van der Waals surface area contributed by atoms with Crippen LogP contribution in [0.3, 0.4) is 0 Å². The van der Waals surface area contributed by atoms with Crippen molar-refractivity contribution in [2.75, 3.05) is 26.1 Å². The molecule has 0 spiro atoms. The van der Waals surface area contributed by atoms with Crippen molar-refractivity contribution in [2.45, 2.75) is 31.7 Å². The average Bonchev–Trinajstić information content (AvgIpc) is 2.98. The summed E-state index contributed by atoms with van der Waals surface area (Å²) in [6.07, 6.45) is 4.95. The molecule has 1 aromatic rings. The van der Waals surface area contributed by atoms with E-state index in [1.807, 2.05) is 0 Å². The predicted octanol–water partition coefficient (Wildman–Crippen LogP) is 0.818. The van der Waals surface area contributed by atoms with Crippen molar-refractivity contribution >= 4 is 5.95 Å². The quantitative estimate of drug-likeness (QED) is 0.787. The van der Waals surface area contributed by atoms with Gasteiger partial charge in [0, 0.05) is 12.6 Å². The van der Waals surface area contributed by atoms with Crippen LogP contribution in [0.1, 0.15) is 25.7 Å². The molecule has 1 unspecified atom stereocenters. The topological polar surface area (TPSA) is 95.2 Å². The molecule has 106 valence electrons. The van der Waals surface area contributed by atoms with Gasteiger partial charge in [0.15, 0.2) is 0 Å². The van der Waals surface area contributed by atoms with Crippen LogP contribution in [0.4, 0.5) is 5.95 Å². The average molecular weight is 267 g/mol. The number of methoxy groups -OCH3 is 2. The first kappa shape index (κ1) is 13.8. The van der Waals surface area contributed by atoms with Crippen molar-refractivity contribution in [1.29, 1.82) is 0 Å². The van der Waals surface area contributed by atoms with E-state index in [9.17, 15) is 0 Å². The van der Waals surface area contributed by atoms with Gasteiger partial charge in [0.05, 0.1) is 14.2 Å². The lowest BCUT2D eigenvalue weighted by atomic mass is 9.98. The Balaban J connectivity index is 2.11. The zero-order valence-corrected chi connectivity index (χ0v) is 11.4. The van der Waals surface area contributed by atoms with Gasteiger partial charge in [0.2, 0.25) is 5.95 Å². The Hall–Kier alpha value is -1.63. The number of rotatable bonds is 6. The van der Waals surface area contributed by atoms with Gasteiger partial charge >= 0.3 is 12.0 Å². The second kappa shape index (κ2) is 6.51. The second-order valence-corrected chi connectivity index (χ2v) is 4.66. The van der Waals surface area contributed by atoms with E-state index >= 15 is 0 Å². The first-order valence-electron chi connectivity index (χ1n) is 6.57. The van der Waals surface area contributed by atoms with E-state index in [0.717, 1.165) is 0 Å².